The summed E-state index contributed by atoms with van der Waals surface area (Å²) in [5.74, 6) is 3.03. The van der Waals surface area contributed by atoms with E-state index in [9.17, 15) is 4.79 Å². The third kappa shape index (κ3) is 6.08. The maximum atomic E-state index is 12.5. The fraction of sp³-hybridized carbons (Fsp3) is 0.522. The van der Waals surface area contributed by atoms with Gasteiger partial charge in [0.05, 0.1) is 12.8 Å². The van der Waals surface area contributed by atoms with Crippen LogP contribution < -0.4 is 20.3 Å². The molecule has 1 amide bonds. The second-order valence-electron chi connectivity index (χ2n) is 7.93. The van der Waals surface area contributed by atoms with Crippen molar-refractivity contribution in [1.82, 2.24) is 9.97 Å². The lowest BCUT2D eigenvalue weighted by atomic mass is 9.93. The van der Waals surface area contributed by atoms with Crippen LogP contribution in [0.4, 0.5) is 17.3 Å². The highest BCUT2D eigenvalue weighted by molar-refractivity contribution is 5.92. The highest BCUT2D eigenvalue weighted by Crippen LogP contribution is 2.27. The summed E-state index contributed by atoms with van der Waals surface area (Å²) in [6.07, 6.45) is 6.30. The quantitative estimate of drug-likeness (QED) is 0.642. The standard InChI is InChI=1S/C23H33N5O2/c1-4-11-24-21-14-22(26-16-25-21)28-12-5-6-18(15-28)8-10-23(29)27-19-13-17(2)7-9-20(19)30-3/h7,9,13-14,16,18H,4-6,8,10-12,15H2,1-3H3,(H,27,29)(H,24,25,26). The predicted octanol–water partition coefficient (Wildman–Crippen LogP) is 4.25. The van der Waals surface area contributed by atoms with E-state index in [4.69, 9.17) is 4.74 Å². The van der Waals surface area contributed by atoms with Crippen LogP contribution in [-0.4, -0.2) is 42.6 Å². The third-order valence-corrected chi connectivity index (χ3v) is 5.46. The molecule has 0 spiro atoms. The number of carbonyl (C=O) groups is 1. The van der Waals surface area contributed by atoms with Gasteiger partial charge in [0.1, 0.15) is 23.7 Å². The molecule has 2 aromatic rings. The van der Waals surface area contributed by atoms with Gasteiger partial charge in [-0.25, -0.2) is 9.97 Å². The second kappa shape index (κ2) is 10.8. The number of anilines is 3. The number of aromatic nitrogens is 2. The first-order valence-corrected chi connectivity index (χ1v) is 10.8. The normalized spacial score (nSPS) is 16.2. The maximum Gasteiger partial charge on any atom is 0.224 e. The summed E-state index contributed by atoms with van der Waals surface area (Å²) in [4.78, 5) is 23.6. The van der Waals surface area contributed by atoms with Crippen LogP contribution in [0.15, 0.2) is 30.6 Å². The van der Waals surface area contributed by atoms with E-state index < -0.39 is 0 Å². The van der Waals surface area contributed by atoms with Crippen LogP contribution in [0.3, 0.4) is 0 Å². The Hall–Kier alpha value is -2.83. The van der Waals surface area contributed by atoms with Crippen LogP contribution in [0.25, 0.3) is 0 Å². The van der Waals surface area contributed by atoms with E-state index >= 15 is 0 Å². The number of hydrogen-bond donors (Lipinski definition) is 2. The number of nitrogens with zero attached hydrogens (tertiary/aromatic N) is 3. The third-order valence-electron chi connectivity index (χ3n) is 5.46. The summed E-state index contributed by atoms with van der Waals surface area (Å²) in [5, 5.41) is 6.33. The van der Waals surface area contributed by atoms with Gasteiger partial charge in [0.25, 0.3) is 0 Å². The lowest BCUT2D eigenvalue weighted by Gasteiger charge is -2.33. The van der Waals surface area contributed by atoms with Gasteiger partial charge >= 0.3 is 0 Å². The van der Waals surface area contributed by atoms with Crippen LogP contribution in [0.5, 0.6) is 5.75 Å². The molecule has 0 bridgehead atoms. The van der Waals surface area contributed by atoms with Crippen LogP contribution in [0.2, 0.25) is 0 Å². The zero-order valence-electron chi connectivity index (χ0n) is 18.3. The zero-order chi connectivity index (χ0) is 21.3. The molecule has 1 aliphatic heterocycles. The molecule has 0 aliphatic carbocycles. The van der Waals surface area contributed by atoms with E-state index in [0.717, 1.165) is 68.2 Å². The number of ether oxygens (including phenoxy) is 1. The minimum atomic E-state index is 0.0316. The molecule has 0 radical (unpaired) electrons. The number of amides is 1. The first kappa shape index (κ1) is 21.9. The average molecular weight is 412 g/mol. The molecular weight excluding hydrogens is 378 g/mol. The Morgan fingerprint density at radius 3 is 2.97 bits per heavy atom. The summed E-state index contributed by atoms with van der Waals surface area (Å²) in [5.41, 5.74) is 1.83. The van der Waals surface area contributed by atoms with Gasteiger partial charge in [0.15, 0.2) is 0 Å². The van der Waals surface area contributed by atoms with Crippen molar-refractivity contribution in [1.29, 1.82) is 0 Å². The Labute approximate surface area is 179 Å². The molecule has 1 saturated heterocycles. The highest BCUT2D eigenvalue weighted by atomic mass is 16.5. The lowest BCUT2D eigenvalue weighted by Crippen LogP contribution is -2.36. The van der Waals surface area contributed by atoms with E-state index in [-0.39, 0.29) is 5.91 Å². The maximum absolute atomic E-state index is 12.5. The number of nitrogens with one attached hydrogen (secondary N) is 2. The molecule has 0 saturated carbocycles. The molecule has 2 heterocycles. The molecule has 2 N–H and O–H groups in total. The first-order valence-electron chi connectivity index (χ1n) is 10.8. The molecule has 3 rings (SSSR count). The van der Waals surface area contributed by atoms with E-state index in [1.807, 2.05) is 31.2 Å². The Morgan fingerprint density at radius 2 is 2.17 bits per heavy atom. The van der Waals surface area contributed by atoms with Gasteiger partial charge < -0.3 is 20.3 Å². The minimum absolute atomic E-state index is 0.0316. The number of piperidine rings is 1. The molecule has 162 valence electrons. The summed E-state index contributed by atoms with van der Waals surface area (Å²) >= 11 is 0. The molecule has 1 unspecified atom stereocenters. The van der Waals surface area contributed by atoms with Crippen molar-refractivity contribution < 1.29 is 9.53 Å². The van der Waals surface area contributed by atoms with Gasteiger partial charge in [0.2, 0.25) is 5.91 Å². The summed E-state index contributed by atoms with van der Waals surface area (Å²) in [7, 11) is 1.62. The van der Waals surface area contributed by atoms with Crippen LogP contribution in [0.1, 0.15) is 44.6 Å². The summed E-state index contributed by atoms with van der Waals surface area (Å²) in [6.45, 7) is 6.95. The van der Waals surface area contributed by atoms with Crippen molar-refractivity contribution in [3.8, 4) is 5.75 Å². The van der Waals surface area contributed by atoms with Gasteiger partial charge in [-0.3, -0.25) is 4.79 Å². The highest BCUT2D eigenvalue weighted by Gasteiger charge is 2.22. The summed E-state index contributed by atoms with van der Waals surface area (Å²) < 4.78 is 5.35. The number of carbonyl (C=O) groups excluding carboxylic acids is 1. The molecular formula is C23H33N5O2. The summed E-state index contributed by atoms with van der Waals surface area (Å²) in [6, 6.07) is 7.82. The fourth-order valence-electron chi connectivity index (χ4n) is 3.85. The van der Waals surface area contributed by atoms with Crippen molar-refractivity contribution in [3.05, 3.63) is 36.2 Å². The number of hydrogen-bond acceptors (Lipinski definition) is 6. The van der Waals surface area contributed by atoms with Crippen LogP contribution in [-0.2, 0) is 4.79 Å². The molecule has 7 heteroatoms. The number of rotatable bonds is 9. The first-order chi connectivity index (χ1) is 14.6. The van der Waals surface area contributed by atoms with E-state index in [1.165, 1.54) is 0 Å². The largest absolute Gasteiger partial charge is 0.495 e. The van der Waals surface area contributed by atoms with E-state index in [1.54, 1.807) is 13.4 Å². The monoisotopic (exact) mass is 411 g/mol. The van der Waals surface area contributed by atoms with E-state index in [0.29, 0.717) is 18.1 Å². The Bertz CT molecular complexity index is 842. The predicted molar refractivity (Wildman–Crippen MR) is 121 cm³/mol. The molecule has 1 fully saturated rings. The lowest BCUT2D eigenvalue weighted by molar-refractivity contribution is -0.116. The topological polar surface area (TPSA) is 79.4 Å². The molecule has 1 atom stereocenters. The van der Waals surface area contributed by atoms with Gasteiger partial charge in [0, 0.05) is 32.1 Å². The van der Waals surface area contributed by atoms with Crippen molar-refractivity contribution >= 4 is 23.2 Å². The van der Waals surface area contributed by atoms with Crippen molar-refractivity contribution in [2.75, 3.05) is 42.3 Å². The van der Waals surface area contributed by atoms with Gasteiger partial charge in [-0.1, -0.05) is 13.0 Å². The van der Waals surface area contributed by atoms with Gasteiger partial charge in [-0.2, -0.15) is 0 Å². The van der Waals surface area contributed by atoms with Crippen molar-refractivity contribution in [3.63, 3.8) is 0 Å². The Kier molecular flexibility index (Phi) is 7.88. The SMILES string of the molecule is CCCNc1cc(N2CCCC(CCC(=O)Nc3cc(C)ccc3OC)C2)ncn1. The average Bonchev–Trinajstić information content (AvgIpc) is 2.77. The van der Waals surface area contributed by atoms with Gasteiger partial charge in [-0.05, 0) is 56.2 Å². The number of aryl methyl sites for hydroxylation is 1. The minimum Gasteiger partial charge on any atom is -0.495 e. The number of benzene rings is 1. The molecule has 1 aromatic carbocycles. The van der Waals surface area contributed by atoms with E-state index in [2.05, 4.69) is 32.4 Å². The molecule has 7 nitrogen and oxygen atoms in total. The zero-order valence-corrected chi connectivity index (χ0v) is 18.3. The Morgan fingerprint density at radius 1 is 1.30 bits per heavy atom. The van der Waals surface area contributed by atoms with Crippen LogP contribution in [0, 0.1) is 12.8 Å². The molecule has 30 heavy (non-hydrogen) atoms. The fourth-order valence-corrected chi connectivity index (χ4v) is 3.85. The number of methoxy groups -OCH3 is 1. The van der Waals surface area contributed by atoms with Crippen molar-refractivity contribution in [2.45, 2.75) is 46.0 Å². The smallest absolute Gasteiger partial charge is 0.224 e. The van der Waals surface area contributed by atoms with Crippen molar-refractivity contribution in [2.24, 2.45) is 5.92 Å². The van der Waals surface area contributed by atoms with Gasteiger partial charge in [-0.15, -0.1) is 0 Å². The van der Waals surface area contributed by atoms with Crippen LogP contribution >= 0.6 is 0 Å². The second-order valence-corrected chi connectivity index (χ2v) is 7.93. The molecule has 1 aromatic heterocycles. The Balaban J connectivity index is 1.53. The molecule has 1 aliphatic rings.